The number of halogens is 1. The maximum atomic E-state index is 14.9. The van der Waals surface area contributed by atoms with Crippen molar-refractivity contribution in [2.45, 2.75) is 84.5 Å². The molecule has 0 aliphatic rings. The second-order valence-corrected chi connectivity index (χ2v) is 14.8. The van der Waals surface area contributed by atoms with Gasteiger partial charge in [-0.15, -0.1) is 0 Å². The lowest BCUT2D eigenvalue weighted by Crippen LogP contribution is -2.24. The first-order valence-electron chi connectivity index (χ1n) is 15.8. The van der Waals surface area contributed by atoms with Gasteiger partial charge in [0.25, 0.3) is 0 Å². The van der Waals surface area contributed by atoms with E-state index in [4.69, 9.17) is 0 Å². The average Bonchev–Trinajstić information content (AvgIpc) is 3.79. The van der Waals surface area contributed by atoms with Crippen LogP contribution in [0.4, 0.5) is 4.39 Å². The summed E-state index contributed by atoms with van der Waals surface area (Å²) >= 11 is 0. The smallest absolute Gasteiger partial charge is 0.147 e. The molecule has 0 amide bonds. The van der Waals surface area contributed by atoms with Crippen LogP contribution in [0, 0.1) is 12.7 Å². The van der Waals surface area contributed by atoms with Crippen LogP contribution in [0.15, 0.2) is 86.2 Å². The summed E-state index contributed by atoms with van der Waals surface area (Å²) < 4.78 is 20.2. The van der Waals surface area contributed by atoms with Crippen molar-refractivity contribution < 1.29 is 4.39 Å². The Morgan fingerprint density at radius 1 is 0.574 bits per heavy atom. The first kappa shape index (κ1) is 32.0. The molecule has 0 aliphatic heterocycles. The monoisotopic (exact) mass is 631 g/mol. The van der Waals surface area contributed by atoms with E-state index in [1.165, 1.54) is 29.1 Å². The maximum absolute atomic E-state index is 14.9. The number of rotatable bonds is 9. The molecule has 0 unspecified atom stereocenters. The Morgan fingerprint density at radius 2 is 1.06 bits per heavy atom. The molecule has 3 aromatic heterocycles. The summed E-state index contributed by atoms with van der Waals surface area (Å²) in [6.07, 6.45) is 9.56. The number of aromatic nitrogens is 9. The number of hydrogen-bond donors (Lipinski definition) is 0. The molecule has 10 heteroatoms. The van der Waals surface area contributed by atoms with Crippen LogP contribution in [0.2, 0.25) is 0 Å². The maximum Gasteiger partial charge on any atom is 0.147 e. The van der Waals surface area contributed by atoms with Crippen LogP contribution < -0.4 is 0 Å². The lowest BCUT2D eigenvalue weighted by molar-refractivity contribution is 0.505. The molecule has 0 saturated heterocycles. The third kappa shape index (κ3) is 7.06. The number of nitrogens with zero attached hydrogens (tertiary/aromatic N) is 9. The predicted molar refractivity (Wildman–Crippen MR) is 181 cm³/mol. The van der Waals surface area contributed by atoms with E-state index in [0.717, 1.165) is 28.9 Å². The predicted octanol–water partition coefficient (Wildman–Crippen LogP) is 7.21. The van der Waals surface area contributed by atoms with E-state index >= 15 is 0 Å². The number of hydrogen-bond acceptors (Lipinski definition) is 6. The van der Waals surface area contributed by atoms with Crippen LogP contribution in [0.3, 0.4) is 0 Å². The van der Waals surface area contributed by atoms with E-state index in [0.29, 0.717) is 17.9 Å². The van der Waals surface area contributed by atoms with Gasteiger partial charge < -0.3 is 0 Å². The summed E-state index contributed by atoms with van der Waals surface area (Å²) in [6.45, 7) is 17.4. The summed E-state index contributed by atoms with van der Waals surface area (Å²) in [5.41, 5.74) is 7.54. The zero-order valence-electron chi connectivity index (χ0n) is 28.4. The first-order valence-corrected chi connectivity index (χ1v) is 15.8. The molecule has 3 aromatic carbocycles. The van der Waals surface area contributed by atoms with Crippen molar-refractivity contribution in [3.8, 4) is 17.1 Å². The van der Waals surface area contributed by atoms with E-state index in [-0.39, 0.29) is 16.6 Å². The molecule has 3 heterocycles. The van der Waals surface area contributed by atoms with Crippen molar-refractivity contribution in [2.75, 3.05) is 0 Å². The van der Waals surface area contributed by atoms with Gasteiger partial charge in [0.1, 0.15) is 43.3 Å². The molecule has 242 valence electrons. The highest BCUT2D eigenvalue weighted by Gasteiger charge is 2.28. The van der Waals surface area contributed by atoms with Gasteiger partial charge in [-0.05, 0) is 106 Å². The Hall–Kier alpha value is -4.99. The summed E-state index contributed by atoms with van der Waals surface area (Å²) in [5, 5.41) is 13.3. The minimum atomic E-state index is -0.399. The topological polar surface area (TPSA) is 92.1 Å². The van der Waals surface area contributed by atoms with Crippen LogP contribution in [0.5, 0.6) is 0 Å². The molecule has 9 nitrogen and oxygen atoms in total. The minimum absolute atomic E-state index is 0.0379. The van der Waals surface area contributed by atoms with Gasteiger partial charge in [-0.3, -0.25) is 0 Å². The molecule has 6 rings (SSSR count). The van der Waals surface area contributed by atoms with E-state index in [9.17, 15) is 4.39 Å². The van der Waals surface area contributed by atoms with Crippen LogP contribution in [0.1, 0.15) is 82.1 Å². The third-order valence-corrected chi connectivity index (χ3v) is 8.80. The lowest BCUT2D eigenvalue weighted by Gasteiger charge is -2.30. The van der Waals surface area contributed by atoms with Gasteiger partial charge in [-0.2, -0.15) is 15.3 Å². The quantitative estimate of drug-likeness (QED) is 0.167. The Morgan fingerprint density at radius 3 is 1.55 bits per heavy atom. The van der Waals surface area contributed by atoms with E-state index < -0.39 is 5.41 Å². The average molecular weight is 632 g/mol. The van der Waals surface area contributed by atoms with Crippen LogP contribution in [-0.2, 0) is 29.1 Å². The van der Waals surface area contributed by atoms with Crippen LogP contribution >= 0.6 is 0 Å². The van der Waals surface area contributed by atoms with Gasteiger partial charge in [0.05, 0.1) is 17.1 Å². The molecule has 0 bridgehead atoms. The molecule has 0 fully saturated rings. The minimum Gasteiger partial charge on any atom is -0.223 e. The molecule has 0 N–H and O–H groups in total. The van der Waals surface area contributed by atoms with Crippen molar-refractivity contribution >= 4 is 0 Å². The van der Waals surface area contributed by atoms with E-state index in [1.807, 2.05) is 22.4 Å². The van der Waals surface area contributed by atoms with Crippen LogP contribution in [-0.4, -0.2) is 44.3 Å². The van der Waals surface area contributed by atoms with Crippen molar-refractivity contribution in [2.24, 2.45) is 0 Å². The Bertz CT molecular complexity index is 2000. The summed E-state index contributed by atoms with van der Waals surface area (Å²) in [6, 6.07) is 18.5. The summed E-state index contributed by atoms with van der Waals surface area (Å²) in [5.74, 6) is 0.397. The summed E-state index contributed by atoms with van der Waals surface area (Å²) in [7, 11) is 0. The Balaban J connectivity index is 1.39. The van der Waals surface area contributed by atoms with E-state index in [2.05, 4.69) is 115 Å². The standard InChI is InChI=1S/C37H42FN9/c1-25-41-24-47(44-25)33-12-27(19-37(7,8)30-13-31(38)17-34(16-30)46-23-40-21-43-46)10-29(15-33)36(5,6)18-26-9-28(35(2,3)4)14-32(11-26)45-22-39-20-42-45/h9-17,20-24H,18-19H2,1-8H3. The molecular formula is C37H42FN9. The number of aryl methyl sites for hydroxylation is 1. The second kappa shape index (κ2) is 12.0. The Labute approximate surface area is 275 Å². The molecular weight excluding hydrogens is 589 g/mol. The summed E-state index contributed by atoms with van der Waals surface area (Å²) in [4.78, 5) is 12.6. The molecule has 6 aromatic rings. The van der Waals surface area contributed by atoms with Gasteiger partial charge in [0, 0.05) is 0 Å². The third-order valence-electron chi connectivity index (χ3n) is 8.80. The van der Waals surface area contributed by atoms with Gasteiger partial charge in [0.15, 0.2) is 0 Å². The largest absolute Gasteiger partial charge is 0.223 e. The van der Waals surface area contributed by atoms with Gasteiger partial charge in [-0.1, -0.05) is 60.6 Å². The zero-order chi connectivity index (χ0) is 33.6. The second-order valence-electron chi connectivity index (χ2n) is 14.8. The molecule has 0 atom stereocenters. The molecule has 0 spiro atoms. The first-order chi connectivity index (χ1) is 22.2. The molecule has 0 aliphatic carbocycles. The Kier molecular flexibility index (Phi) is 8.15. The molecule has 0 radical (unpaired) electrons. The van der Waals surface area contributed by atoms with Crippen molar-refractivity contribution in [1.29, 1.82) is 0 Å². The van der Waals surface area contributed by atoms with E-state index in [1.54, 1.807) is 36.1 Å². The van der Waals surface area contributed by atoms with Crippen molar-refractivity contribution in [3.63, 3.8) is 0 Å². The highest BCUT2D eigenvalue weighted by Crippen LogP contribution is 2.36. The fourth-order valence-electron chi connectivity index (χ4n) is 6.12. The van der Waals surface area contributed by atoms with Crippen LogP contribution in [0.25, 0.3) is 17.1 Å². The fraction of sp³-hybridized carbons (Fsp3) is 0.351. The SMILES string of the molecule is Cc1ncn(-c2cc(CC(C)(C)c3cc(F)cc(-n4cncn4)c3)cc(C(C)(C)Cc3cc(-n4cncn4)cc(C(C)(C)C)c3)c2)n1. The lowest BCUT2D eigenvalue weighted by atomic mass is 9.75. The highest BCUT2D eigenvalue weighted by atomic mass is 19.1. The van der Waals surface area contributed by atoms with Gasteiger partial charge in [-0.25, -0.2) is 33.4 Å². The highest BCUT2D eigenvalue weighted by molar-refractivity contribution is 5.47. The van der Waals surface area contributed by atoms with Gasteiger partial charge >= 0.3 is 0 Å². The molecule has 0 saturated carbocycles. The van der Waals surface area contributed by atoms with Crippen molar-refractivity contribution in [1.82, 2.24) is 44.3 Å². The number of benzene rings is 3. The molecule has 47 heavy (non-hydrogen) atoms. The fourth-order valence-corrected chi connectivity index (χ4v) is 6.12. The van der Waals surface area contributed by atoms with Gasteiger partial charge in [0.2, 0.25) is 0 Å². The van der Waals surface area contributed by atoms with Crippen molar-refractivity contribution in [3.05, 3.63) is 126 Å². The zero-order valence-corrected chi connectivity index (χ0v) is 28.4. The normalized spacial score (nSPS) is 12.5.